The van der Waals surface area contributed by atoms with Gasteiger partial charge in [0.2, 0.25) is 0 Å². The molecule has 0 aliphatic rings. The van der Waals surface area contributed by atoms with E-state index in [9.17, 15) is 0 Å². The molecule has 1 heterocycles. The minimum atomic E-state index is 0.662. The molecule has 0 atom stereocenters. The van der Waals surface area contributed by atoms with Crippen molar-refractivity contribution in [3.8, 4) is 0 Å². The lowest BCUT2D eigenvalue weighted by Gasteiger charge is -2.05. The van der Waals surface area contributed by atoms with E-state index in [1.165, 1.54) is 15.5 Å². The van der Waals surface area contributed by atoms with Crippen LogP contribution in [0.15, 0.2) is 40.3 Å². The second-order valence-corrected chi connectivity index (χ2v) is 5.01. The lowest BCUT2D eigenvalue weighted by molar-refractivity contribution is 0.688. The number of hydrogen-bond donors (Lipinski definition) is 1. The molecular weight excluding hydrogens is 230 g/mol. The van der Waals surface area contributed by atoms with Gasteiger partial charge in [-0.3, -0.25) is 4.68 Å². The number of aryl methyl sites for hydroxylation is 2. The van der Waals surface area contributed by atoms with Crippen molar-refractivity contribution in [2.75, 3.05) is 6.54 Å². The Morgan fingerprint density at radius 1 is 1.29 bits per heavy atom. The zero-order valence-corrected chi connectivity index (χ0v) is 11.0. The Morgan fingerprint density at radius 3 is 2.65 bits per heavy atom. The maximum Gasteiger partial charge on any atom is 0.102 e. The van der Waals surface area contributed by atoms with E-state index in [2.05, 4.69) is 17.2 Å². The van der Waals surface area contributed by atoms with Crippen LogP contribution in [0.2, 0.25) is 0 Å². The van der Waals surface area contributed by atoms with E-state index in [1.54, 1.807) is 11.8 Å². The van der Waals surface area contributed by atoms with Gasteiger partial charge in [-0.1, -0.05) is 30.0 Å². The number of aromatic nitrogens is 2. The molecular formula is C13H17N3S. The van der Waals surface area contributed by atoms with E-state index in [4.69, 9.17) is 5.73 Å². The van der Waals surface area contributed by atoms with Gasteiger partial charge in [0.1, 0.15) is 5.03 Å². The number of hydrogen-bond acceptors (Lipinski definition) is 3. The first kappa shape index (κ1) is 12.2. The van der Waals surface area contributed by atoms with Gasteiger partial charge >= 0.3 is 0 Å². The Kier molecular flexibility index (Phi) is 3.86. The predicted molar refractivity (Wildman–Crippen MR) is 71.3 cm³/mol. The van der Waals surface area contributed by atoms with Crippen molar-refractivity contribution in [3.63, 3.8) is 0 Å². The van der Waals surface area contributed by atoms with Crippen LogP contribution in [0.5, 0.6) is 0 Å². The van der Waals surface area contributed by atoms with E-state index in [1.807, 2.05) is 36.9 Å². The highest BCUT2D eigenvalue weighted by Crippen LogP contribution is 2.31. The monoisotopic (exact) mass is 247 g/mol. The normalized spacial score (nSPS) is 10.8. The fourth-order valence-corrected chi connectivity index (χ4v) is 2.90. The summed E-state index contributed by atoms with van der Waals surface area (Å²) in [6, 6.07) is 10.3. The minimum Gasteiger partial charge on any atom is -0.330 e. The van der Waals surface area contributed by atoms with E-state index < -0.39 is 0 Å². The molecule has 0 aliphatic carbocycles. The molecule has 1 aromatic carbocycles. The van der Waals surface area contributed by atoms with Crippen LogP contribution in [-0.2, 0) is 13.5 Å². The fourth-order valence-electron chi connectivity index (χ4n) is 1.84. The maximum absolute atomic E-state index is 5.65. The van der Waals surface area contributed by atoms with E-state index in [-0.39, 0.29) is 0 Å². The molecule has 0 saturated heterocycles. The van der Waals surface area contributed by atoms with Crippen molar-refractivity contribution >= 4 is 11.8 Å². The highest BCUT2D eigenvalue weighted by atomic mass is 32.2. The van der Waals surface area contributed by atoms with Crippen molar-refractivity contribution in [3.05, 3.63) is 41.6 Å². The van der Waals surface area contributed by atoms with Crippen LogP contribution in [0.25, 0.3) is 0 Å². The summed E-state index contributed by atoms with van der Waals surface area (Å²) in [6.45, 7) is 2.70. The molecule has 3 nitrogen and oxygen atoms in total. The second-order valence-electron chi connectivity index (χ2n) is 3.95. The third-order valence-electron chi connectivity index (χ3n) is 2.64. The van der Waals surface area contributed by atoms with Crippen LogP contribution >= 0.6 is 11.8 Å². The first-order chi connectivity index (χ1) is 8.22. The van der Waals surface area contributed by atoms with Gasteiger partial charge in [-0.25, -0.2) is 0 Å². The van der Waals surface area contributed by atoms with Crippen LogP contribution in [0.3, 0.4) is 0 Å². The summed E-state index contributed by atoms with van der Waals surface area (Å²) < 4.78 is 1.94. The van der Waals surface area contributed by atoms with Crippen molar-refractivity contribution in [1.29, 1.82) is 0 Å². The first-order valence-electron chi connectivity index (χ1n) is 5.68. The molecule has 4 heteroatoms. The summed E-state index contributed by atoms with van der Waals surface area (Å²) in [4.78, 5) is 1.23. The third-order valence-corrected chi connectivity index (χ3v) is 3.85. The number of nitrogens with zero attached hydrogens (tertiary/aromatic N) is 2. The largest absolute Gasteiger partial charge is 0.330 e. The van der Waals surface area contributed by atoms with Crippen molar-refractivity contribution in [2.24, 2.45) is 12.8 Å². The molecule has 0 saturated carbocycles. The molecule has 0 fully saturated rings. The highest BCUT2D eigenvalue weighted by molar-refractivity contribution is 7.99. The SMILES string of the molecule is Cc1nn(C)c(Sc2ccccc2)c1CCN. The Morgan fingerprint density at radius 2 is 2.00 bits per heavy atom. The molecule has 17 heavy (non-hydrogen) atoms. The highest BCUT2D eigenvalue weighted by Gasteiger charge is 2.13. The number of benzene rings is 1. The van der Waals surface area contributed by atoms with Crippen LogP contribution in [-0.4, -0.2) is 16.3 Å². The number of rotatable bonds is 4. The average Bonchev–Trinajstić information content (AvgIpc) is 2.58. The quantitative estimate of drug-likeness (QED) is 0.902. The van der Waals surface area contributed by atoms with E-state index in [0.29, 0.717) is 6.54 Å². The van der Waals surface area contributed by atoms with Crippen LogP contribution in [0.4, 0.5) is 0 Å². The summed E-state index contributed by atoms with van der Waals surface area (Å²) in [5, 5.41) is 5.66. The molecule has 0 radical (unpaired) electrons. The Labute approximate surface area is 106 Å². The molecule has 0 aliphatic heterocycles. The molecule has 2 N–H and O–H groups in total. The maximum atomic E-state index is 5.65. The van der Waals surface area contributed by atoms with Crippen LogP contribution in [0, 0.1) is 6.92 Å². The smallest absolute Gasteiger partial charge is 0.102 e. The fraction of sp³-hybridized carbons (Fsp3) is 0.308. The van der Waals surface area contributed by atoms with Crippen molar-refractivity contribution < 1.29 is 0 Å². The van der Waals surface area contributed by atoms with Gasteiger partial charge in [0.15, 0.2) is 0 Å². The molecule has 0 spiro atoms. The lowest BCUT2D eigenvalue weighted by atomic mass is 10.2. The molecule has 1 aromatic heterocycles. The van der Waals surface area contributed by atoms with E-state index >= 15 is 0 Å². The molecule has 2 rings (SSSR count). The van der Waals surface area contributed by atoms with Gasteiger partial charge in [-0.05, 0) is 32.0 Å². The molecule has 0 unspecified atom stereocenters. The van der Waals surface area contributed by atoms with Crippen molar-refractivity contribution in [1.82, 2.24) is 9.78 Å². The summed E-state index contributed by atoms with van der Waals surface area (Å²) >= 11 is 1.75. The molecule has 90 valence electrons. The van der Waals surface area contributed by atoms with Gasteiger partial charge in [0, 0.05) is 17.5 Å². The van der Waals surface area contributed by atoms with Gasteiger partial charge < -0.3 is 5.73 Å². The Hall–Kier alpha value is -1.26. The minimum absolute atomic E-state index is 0.662. The summed E-state index contributed by atoms with van der Waals surface area (Å²) in [6.07, 6.45) is 0.884. The molecule has 2 aromatic rings. The zero-order chi connectivity index (χ0) is 12.3. The van der Waals surface area contributed by atoms with Gasteiger partial charge in [-0.2, -0.15) is 5.10 Å². The van der Waals surface area contributed by atoms with E-state index in [0.717, 1.165) is 12.1 Å². The molecule has 0 bridgehead atoms. The summed E-state index contributed by atoms with van der Waals surface area (Å²) in [5.41, 5.74) is 8.00. The zero-order valence-electron chi connectivity index (χ0n) is 10.2. The van der Waals surface area contributed by atoms with Crippen LogP contribution in [0.1, 0.15) is 11.3 Å². The summed E-state index contributed by atoms with van der Waals surface area (Å²) in [5.74, 6) is 0. The van der Waals surface area contributed by atoms with Gasteiger partial charge in [-0.15, -0.1) is 0 Å². The van der Waals surface area contributed by atoms with Crippen molar-refractivity contribution in [2.45, 2.75) is 23.3 Å². The standard InChI is InChI=1S/C13H17N3S/c1-10-12(8-9-14)13(16(2)15-10)17-11-6-4-3-5-7-11/h3-7H,8-9,14H2,1-2H3. The first-order valence-corrected chi connectivity index (χ1v) is 6.49. The third kappa shape index (κ3) is 2.70. The Bertz CT molecular complexity index is 491. The number of nitrogens with two attached hydrogens (primary N) is 1. The van der Waals surface area contributed by atoms with Crippen LogP contribution < -0.4 is 5.73 Å². The van der Waals surface area contributed by atoms with Gasteiger partial charge in [0.05, 0.1) is 5.69 Å². The lowest BCUT2D eigenvalue weighted by Crippen LogP contribution is -2.04. The predicted octanol–water partition coefficient (Wildman–Crippen LogP) is 2.38. The molecule has 0 amide bonds. The average molecular weight is 247 g/mol. The second kappa shape index (κ2) is 5.38. The van der Waals surface area contributed by atoms with Gasteiger partial charge in [0.25, 0.3) is 0 Å². The summed E-state index contributed by atoms with van der Waals surface area (Å²) in [7, 11) is 1.98. The Balaban J connectivity index is 2.31. The topological polar surface area (TPSA) is 43.8 Å².